The fourth-order valence-electron chi connectivity index (χ4n) is 2.99. The summed E-state index contributed by atoms with van der Waals surface area (Å²) in [5, 5.41) is 58.8. The van der Waals surface area contributed by atoms with E-state index in [2.05, 4.69) is 8.92 Å². The topological polar surface area (TPSA) is 296 Å². The molecule has 2 heterocycles. The predicted molar refractivity (Wildman–Crippen MR) is 92.0 cm³/mol. The van der Waals surface area contributed by atoms with Crippen molar-refractivity contribution in [3.05, 3.63) is 0 Å². The molecule has 2 aliphatic rings. The van der Waals surface area contributed by atoms with Crippen molar-refractivity contribution >= 4 is 26.7 Å². The number of hydrogen-bond donors (Lipinski definition) is 9. The molecule has 2 aliphatic heterocycles. The first-order chi connectivity index (χ1) is 14.5. The monoisotopic (exact) mass is 515 g/mol. The minimum Gasteiger partial charge on any atom is -0.479 e. The Labute approximate surface area is 179 Å². The van der Waals surface area contributed by atoms with Crippen LogP contribution in [0.25, 0.3) is 0 Å². The number of aliphatic hydroxyl groups excluding tert-OH is 5. The zero-order valence-corrected chi connectivity index (χ0v) is 17.2. The minimum atomic E-state index is -5.12. The van der Waals surface area contributed by atoms with E-state index in [1.54, 1.807) is 0 Å². The molecule has 2 rings (SSSR count). The number of aliphatic carboxylic acids is 1. The van der Waals surface area contributed by atoms with Gasteiger partial charge in [0.1, 0.15) is 42.7 Å². The predicted octanol–water partition coefficient (Wildman–Crippen LogP) is -6.08. The van der Waals surface area contributed by atoms with Crippen LogP contribution in [0.15, 0.2) is 0 Å². The number of aliphatic hydroxyl groups is 5. The maximum absolute atomic E-state index is 11.4. The van der Waals surface area contributed by atoms with Crippen LogP contribution in [0.4, 0.5) is 0 Å². The number of nitrogens with one attached hydrogen (secondary N) is 1. The molecule has 0 aromatic heterocycles. The largest absolute Gasteiger partial charge is 0.479 e. The molecule has 188 valence electrons. The van der Waals surface area contributed by atoms with E-state index in [1.807, 2.05) is 0 Å². The Morgan fingerprint density at radius 3 is 2.00 bits per heavy atom. The molecule has 0 spiro atoms. The Morgan fingerprint density at radius 1 is 0.906 bits per heavy atom. The van der Waals surface area contributed by atoms with Crippen molar-refractivity contribution in [3.63, 3.8) is 0 Å². The summed E-state index contributed by atoms with van der Waals surface area (Å²) in [6.07, 6.45) is -19.1. The van der Waals surface area contributed by atoms with E-state index in [4.69, 9.17) is 18.6 Å². The van der Waals surface area contributed by atoms with Gasteiger partial charge in [-0.25, -0.2) is 8.98 Å². The molecular weight excluding hydrogens is 494 g/mol. The second-order valence-corrected chi connectivity index (χ2v) is 9.00. The van der Waals surface area contributed by atoms with E-state index in [1.165, 1.54) is 4.72 Å². The van der Waals surface area contributed by atoms with Gasteiger partial charge < -0.3 is 44.8 Å². The third kappa shape index (κ3) is 6.71. The molecule has 0 radical (unpaired) electrons. The van der Waals surface area contributed by atoms with Crippen LogP contribution in [-0.2, 0) is 43.9 Å². The molecule has 0 aliphatic carbocycles. The van der Waals surface area contributed by atoms with Gasteiger partial charge in [0.25, 0.3) is 0 Å². The molecule has 18 nitrogen and oxygen atoms in total. The summed E-state index contributed by atoms with van der Waals surface area (Å²) in [6.45, 7) is -1.15. The van der Waals surface area contributed by atoms with Gasteiger partial charge in [-0.05, 0) is 0 Å². The van der Waals surface area contributed by atoms with Crippen molar-refractivity contribution in [2.24, 2.45) is 0 Å². The SMILES string of the molecule is O=C(O)[C@@H]1OC(O)[C@H](O)[C@@H](O)[C@@H]1O[C@H]1O[C@H](COS(=O)(=O)O)[C@@H](O)[C@H](O)[C@H]1NS(=O)(=O)O. The summed E-state index contributed by atoms with van der Waals surface area (Å²) >= 11 is 0. The highest BCUT2D eigenvalue weighted by Crippen LogP contribution is 2.29. The van der Waals surface area contributed by atoms with Crippen LogP contribution in [0.2, 0.25) is 0 Å². The maximum Gasteiger partial charge on any atom is 0.397 e. The van der Waals surface area contributed by atoms with E-state index in [0.717, 1.165) is 0 Å². The number of ether oxygens (including phenoxy) is 3. The molecule has 2 fully saturated rings. The van der Waals surface area contributed by atoms with Gasteiger partial charge in [0.05, 0.1) is 6.61 Å². The van der Waals surface area contributed by atoms with Crippen molar-refractivity contribution in [3.8, 4) is 0 Å². The Balaban J connectivity index is 2.35. The van der Waals surface area contributed by atoms with E-state index < -0.39 is 94.6 Å². The van der Waals surface area contributed by atoms with E-state index >= 15 is 0 Å². The second kappa shape index (κ2) is 10.0. The summed E-state index contributed by atoms with van der Waals surface area (Å²) in [5.41, 5.74) is 0. The molecule has 0 saturated carbocycles. The van der Waals surface area contributed by atoms with Crippen LogP contribution in [0.1, 0.15) is 0 Å². The summed E-state index contributed by atoms with van der Waals surface area (Å²) in [4.78, 5) is 11.4. The van der Waals surface area contributed by atoms with Crippen molar-refractivity contribution in [1.29, 1.82) is 0 Å². The zero-order chi connectivity index (χ0) is 24.6. The first-order valence-corrected chi connectivity index (χ1v) is 11.3. The van der Waals surface area contributed by atoms with Crippen LogP contribution < -0.4 is 4.72 Å². The molecule has 9 N–H and O–H groups in total. The summed E-state index contributed by atoms with van der Waals surface area (Å²) in [6, 6.07) is -2.09. The Bertz CT molecular complexity index is 876. The van der Waals surface area contributed by atoms with Gasteiger partial charge in [0, 0.05) is 0 Å². The van der Waals surface area contributed by atoms with Gasteiger partial charge in [-0.15, -0.1) is 0 Å². The van der Waals surface area contributed by atoms with E-state index in [0.29, 0.717) is 0 Å². The van der Waals surface area contributed by atoms with E-state index in [-0.39, 0.29) is 0 Å². The first-order valence-electron chi connectivity index (χ1n) is 8.48. The van der Waals surface area contributed by atoms with Crippen LogP contribution in [0.3, 0.4) is 0 Å². The number of carboxylic acid groups (broad SMARTS) is 1. The van der Waals surface area contributed by atoms with Gasteiger partial charge in [-0.1, -0.05) is 0 Å². The first kappa shape index (κ1) is 27.1. The van der Waals surface area contributed by atoms with Crippen LogP contribution in [0.5, 0.6) is 0 Å². The number of carbonyl (C=O) groups is 1. The fourth-order valence-corrected chi connectivity index (χ4v) is 3.89. The second-order valence-electron chi connectivity index (χ2n) is 6.72. The molecular formula is C12H21NO17S2. The lowest BCUT2D eigenvalue weighted by Gasteiger charge is -2.45. The molecule has 0 aromatic rings. The van der Waals surface area contributed by atoms with Crippen molar-refractivity contribution in [2.75, 3.05) is 6.61 Å². The maximum atomic E-state index is 11.4. The van der Waals surface area contributed by atoms with Crippen molar-refractivity contribution in [1.82, 2.24) is 4.72 Å². The molecule has 0 aromatic carbocycles. The normalized spacial score (nSPS) is 41.3. The Kier molecular flexibility index (Phi) is 8.50. The highest BCUT2D eigenvalue weighted by Gasteiger charge is 2.53. The van der Waals surface area contributed by atoms with Crippen LogP contribution in [-0.4, -0.2) is 131 Å². The summed E-state index contributed by atoms with van der Waals surface area (Å²) < 4.78 is 81.9. The lowest BCUT2D eigenvalue weighted by molar-refractivity contribution is -0.334. The highest BCUT2D eigenvalue weighted by atomic mass is 32.3. The van der Waals surface area contributed by atoms with Gasteiger partial charge in [-0.3, -0.25) is 9.11 Å². The molecule has 1 unspecified atom stereocenters. The molecule has 32 heavy (non-hydrogen) atoms. The van der Waals surface area contributed by atoms with Crippen molar-refractivity contribution in [2.45, 2.75) is 61.3 Å². The third-order valence-electron chi connectivity index (χ3n) is 4.46. The van der Waals surface area contributed by atoms with Crippen LogP contribution in [0, 0.1) is 0 Å². The standard InChI is InChI=1S/C12H21NO17S2/c14-4-2(1-27-32(24,25)26)28-12(3(5(4)15)13-31(21,22)23)30-8-6(16)7(17)11(20)29-9(8)10(18)19/h2-9,11-17,20H,1H2,(H,18,19)(H,21,22,23)(H,24,25,26)/t2-,3-,4-,5-,6-,7-,8+,9-,11?,12-/m1/s1. The molecule has 0 amide bonds. The lowest BCUT2D eigenvalue weighted by atomic mass is 9.96. The minimum absolute atomic E-state index is 1.15. The Morgan fingerprint density at radius 2 is 1.50 bits per heavy atom. The molecule has 20 heteroatoms. The molecule has 0 bridgehead atoms. The number of rotatable bonds is 8. The van der Waals surface area contributed by atoms with Gasteiger partial charge in [0.2, 0.25) is 0 Å². The van der Waals surface area contributed by atoms with Crippen molar-refractivity contribution < 1.29 is 79.8 Å². The van der Waals surface area contributed by atoms with Gasteiger partial charge >= 0.3 is 26.7 Å². The average molecular weight is 515 g/mol. The number of carboxylic acids is 1. The summed E-state index contributed by atoms with van der Waals surface area (Å²) in [7, 11) is -10.2. The fraction of sp³-hybridized carbons (Fsp3) is 0.917. The van der Waals surface area contributed by atoms with Gasteiger partial charge in [-0.2, -0.15) is 21.6 Å². The third-order valence-corrected chi connectivity index (χ3v) is 5.47. The lowest BCUT2D eigenvalue weighted by Crippen LogP contribution is -2.68. The zero-order valence-electron chi connectivity index (χ0n) is 15.5. The Hall–Kier alpha value is -1.11. The quantitative estimate of drug-likeness (QED) is 0.136. The average Bonchev–Trinajstić information content (AvgIpc) is 2.64. The number of hydrogen-bond acceptors (Lipinski definition) is 14. The highest BCUT2D eigenvalue weighted by molar-refractivity contribution is 7.83. The summed E-state index contributed by atoms with van der Waals surface area (Å²) in [5.74, 6) is -1.82. The van der Waals surface area contributed by atoms with E-state index in [9.17, 15) is 52.3 Å². The smallest absolute Gasteiger partial charge is 0.397 e. The van der Waals surface area contributed by atoms with Crippen LogP contribution >= 0.6 is 0 Å². The van der Waals surface area contributed by atoms with Gasteiger partial charge in [0.15, 0.2) is 18.7 Å². The molecule has 10 atom stereocenters. The molecule has 2 saturated heterocycles.